The van der Waals surface area contributed by atoms with E-state index < -0.39 is 0 Å². The second-order valence-electron chi connectivity index (χ2n) is 5.98. The molecule has 0 amide bonds. The van der Waals surface area contributed by atoms with Gasteiger partial charge in [-0.15, -0.1) is 12.4 Å². The molecule has 0 saturated heterocycles. The number of hydrogen-bond acceptors (Lipinski definition) is 5. The highest BCUT2D eigenvalue weighted by Gasteiger charge is 2.12. The van der Waals surface area contributed by atoms with Crippen LogP contribution in [0.5, 0.6) is 11.5 Å². The van der Waals surface area contributed by atoms with Crippen molar-refractivity contribution in [3.8, 4) is 11.5 Å². The van der Waals surface area contributed by atoms with Crippen LogP contribution in [0.4, 0.5) is 0 Å². The van der Waals surface area contributed by atoms with Crippen molar-refractivity contribution in [1.29, 1.82) is 0 Å². The maximum absolute atomic E-state index is 10.7. The predicted octanol–water partition coefficient (Wildman–Crippen LogP) is 3.50. The maximum Gasteiger partial charge on any atom is 0.231 e. The number of nitrogens with one attached hydrogen (secondary N) is 1. The molecule has 4 rings (SSSR count). The second-order valence-corrected chi connectivity index (χ2v) is 5.98. The van der Waals surface area contributed by atoms with Gasteiger partial charge >= 0.3 is 0 Å². The number of benzene rings is 2. The topological polar surface area (TPSA) is 50.8 Å². The van der Waals surface area contributed by atoms with Crippen LogP contribution in [0, 0.1) is 0 Å². The zero-order valence-corrected chi connectivity index (χ0v) is 16.2. The summed E-state index contributed by atoms with van der Waals surface area (Å²) < 4.78 is 10.4. The van der Waals surface area contributed by atoms with Crippen LogP contribution in [0.25, 0.3) is 12.2 Å². The second kappa shape index (κ2) is 9.92. The number of ether oxygens (including phenoxy) is 2. The molecule has 0 spiro atoms. The Kier molecular flexibility index (Phi) is 7.61. The van der Waals surface area contributed by atoms with Gasteiger partial charge in [0.25, 0.3) is 0 Å². The highest BCUT2D eigenvalue weighted by atomic mass is 35.5. The van der Waals surface area contributed by atoms with Gasteiger partial charge < -0.3 is 9.47 Å². The van der Waals surface area contributed by atoms with Gasteiger partial charge in [-0.25, -0.2) is 5.01 Å². The Morgan fingerprint density at radius 1 is 1.04 bits per heavy atom. The normalized spacial score (nSPS) is 12.1. The van der Waals surface area contributed by atoms with E-state index in [1.54, 1.807) is 12.1 Å². The molecule has 0 aromatic heterocycles. The number of nitrogens with zero attached hydrogens (tertiary/aromatic N) is 1. The summed E-state index contributed by atoms with van der Waals surface area (Å²) in [6.07, 6.45) is 3.69. The van der Waals surface area contributed by atoms with Gasteiger partial charge in [0.15, 0.2) is 16.9 Å². The molecule has 1 aliphatic heterocycles. The lowest BCUT2D eigenvalue weighted by molar-refractivity contribution is 0.174. The van der Waals surface area contributed by atoms with Gasteiger partial charge in [-0.05, 0) is 36.4 Å². The minimum Gasteiger partial charge on any atom is -0.454 e. The van der Waals surface area contributed by atoms with E-state index >= 15 is 0 Å². The number of halogens is 1. The van der Waals surface area contributed by atoms with Crippen LogP contribution >= 0.6 is 12.4 Å². The van der Waals surface area contributed by atoms with Crippen LogP contribution in [-0.4, -0.2) is 25.9 Å². The Hall–Kier alpha value is -2.60. The Morgan fingerprint density at radius 3 is 2.41 bits per heavy atom. The molecule has 0 aliphatic carbocycles. The molecule has 0 radical (unpaired) electrons. The van der Waals surface area contributed by atoms with Gasteiger partial charge in [-0.3, -0.25) is 10.2 Å². The van der Waals surface area contributed by atoms with Crippen LogP contribution in [0.3, 0.4) is 0 Å². The number of rotatable bonds is 5. The molecule has 0 bridgehead atoms. The van der Waals surface area contributed by atoms with Gasteiger partial charge in [-0.1, -0.05) is 48.6 Å². The number of hydrogen-bond donors (Lipinski definition) is 1. The molecule has 3 aromatic carbocycles. The van der Waals surface area contributed by atoms with Crippen LogP contribution in [-0.2, 0) is 6.54 Å². The van der Waals surface area contributed by atoms with Crippen molar-refractivity contribution >= 4 is 24.6 Å². The first-order valence-electron chi connectivity index (χ1n) is 8.42. The van der Waals surface area contributed by atoms with E-state index in [0.717, 1.165) is 29.2 Å². The third-order valence-electron chi connectivity index (χ3n) is 3.98. The van der Waals surface area contributed by atoms with Gasteiger partial charge in [0, 0.05) is 19.2 Å². The van der Waals surface area contributed by atoms with Gasteiger partial charge in [0.2, 0.25) is 6.79 Å². The molecule has 0 saturated carbocycles. The molecule has 142 valence electrons. The van der Waals surface area contributed by atoms with Crippen molar-refractivity contribution in [2.24, 2.45) is 0 Å². The molecule has 27 heavy (non-hydrogen) atoms. The third-order valence-corrected chi connectivity index (χ3v) is 3.98. The zero-order valence-electron chi connectivity index (χ0n) is 15.3. The lowest BCUT2D eigenvalue weighted by Gasteiger charge is -2.14. The van der Waals surface area contributed by atoms with Gasteiger partial charge in [-0.2, -0.15) is 0 Å². The fourth-order valence-electron chi connectivity index (χ4n) is 2.37. The molecule has 6 heteroatoms. The predicted molar refractivity (Wildman–Crippen MR) is 111 cm³/mol. The number of hydrazine groups is 1. The van der Waals surface area contributed by atoms with Crippen LogP contribution in [0.1, 0.15) is 16.7 Å². The van der Waals surface area contributed by atoms with Gasteiger partial charge in [0.05, 0.1) is 0 Å². The summed E-state index contributed by atoms with van der Waals surface area (Å²) in [7, 11) is 3.94. The zero-order chi connectivity index (χ0) is 18.4. The fourth-order valence-corrected chi connectivity index (χ4v) is 2.37. The average molecular weight is 387 g/mol. The van der Waals surface area contributed by atoms with Crippen molar-refractivity contribution < 1.29 is 9.47 Å². The molecular weight excluding hydrogens is 364 g/mol. The number of fused-ring (bicyclic) bond motifs is 1. The van der Waals surface area contributed by atoms with Crippen molar-refractivity contribution in [3.63, 3.8) is 0 Å². The van der Waals surface area contributed by atoms with Crippen molar-refractivity contribution in [1.82, 2.24) is 10.4 Å². The smallest absolute Gasteiger partial charge is 0.231 e. The first-order chi connectivity index (χ1) is 12.7. The quantitative estimate of drug-likeness (QED) is 0.680. The largest absolute Gasteiger partial charge is 0.454 e. The molecule has 1 heterocycles. The monoisotopic (exact) mass is 386 g/mol. The summed E-state index contributed by atoms with van der Waals surface area (Å²) in [4.78, 5) is 10.7. The standard InChI is InChI=1S/C12H8O3.C9H14N2.ClH/c13-10-6-9(10)3-1-8-2-4-11-12(5-8)15-7-14-11;1-10-11(2)8-9-6-4-3-5-7-9;/h1-6H,7H2;3-7,10H,8H2,1-2H3;1H. The Morgan fingerprint density at radius 2 is 1.74 bits per heavy atom. The van der Waals surface area contributed by atoms with Gasteiger partial charge in [0.1, 0.15) is 0 Å². The molecule has 0 atom stereocenters. The lowest BCUT2D eigenvalue weighted by atomic mass is 10.2. The molecule has 0 fully saturated rings. The van der Waals surface area contributed by atoms with E-state index in [1.165, 1.54) is 5.56 Å². The van der Waals surface area contributed by atoms with Crippen LogP contribution in [0.2, 0.25) is 0 Å². The summed E-state index contributed by atoms with van der Waals surface area (Å²) in [5.74, 6) is 1.53. The SMILES string of the molecule is CNN(C)Cc1ccccc1.Cl.O=c1cc1C=Cc1ccc2c(c1)OCO2. The van der Waals surface area contributed by atoms with E-state index in [-0.39, 0.29) is 24.6 Å². The molecule has 1 aliphatic rings. The Bertz CT molecular complexity index is 886. The fraction of sp³-hybridized carbons (Fsp3) is 0.190. The average Bonchev–Trinajstić information content (AvgIpc) is 3.17. The van der Waals surface area contributed by atoms with E-state index in [1.807, 2.05) is 49.4 Å². The minimum atomic E-state index is 0. The summed E-state index contributed by atoms with van der Waals surface area (Å²) in [6, 6.07) is 17.7. The van der Waals surface area contributed by atoms with Crippen molar-refractivity contribution in [3.05, 3.63) is 81.5 Å². The molecule has 3 aromatic rings. The van der Waals surface area contributed by atoms with Crippen molar-refractivity contribution in [2.45, 2.75) is 6.54 Å². The Balaban J connectivity index is 0.000000196. The maximum atomic E-state index is 10.7. The molecule has 0 unspecified atom stereocenters. The summed E-state index contributed by atoms with van der Waals surface area (Å²) in [6.45, 7) is 1.23. The van der Waals surface area contributed by atoms with Crippen molar-refractivity contribution in [2.75, 3.05) is 20.9 Å². The van der Waals surface area contributed by atoms with E-state index in [4.69, 9.17) is 9.47 Å². The summed E-state index contributed by atoms with van der Waals surface area (Å²) in [5.41, 5.74) is 6.26. The van der Waals surface area contributed by atoms with Crippen LogP contribution in [0.15, 0.2) is 59.4 Å². The molecular formula is C21H23ClN2O3. The van der Waals surface area contributed by atoms with E-state index in [9.17, 15) is 4.79 Å². The summed E-state index contributed by atoms with van der Waals surface area (Å²) >= 11 is 0. The highest BCUT2D eigenvalue weighted by molar-refractivity contribution is 5.85. The van der Waals surface area contributed by atoms with E-state index in [0.29, 0.717) is 0 Å². The molecule has 1 N–H and O–H groups in total. The highest BCUT2D eigenvalue weighted by Crippen LogP contribution is 2.32. The first kappa shape index (κ1) is 20.7. The summed E-state index contributed by atoms with van der Waals surface area (Å²) in [5, 5.41) is 2.04. The van der Waals surface area contributed by atoms with E-state index in [2.05, 4.69) is 29.7 Å². The molecule has 5 nitrogen and oxygen atoms in total. The Labute approximate surface area is 165 Å². The lowest BCUT2D eigenvalue weighted by Crippen LogP contribution is -2.29. The first-order valence-corrected chi connectivity index (χ1v) is 8.42. The van der Waals surface area contributed by atoms with Crippen LogP contribution < -0.4 is 20.3 Å². The minimum absolute atomic E-state index is 0. The third kappa shape index (κ3) is 6.25.